The fourth-order valence-electron chi connectivity index (χ4n) is 2.72. The number of rotatable bonds is 7. The largest absolute Gasteiger partial charge is 0.481 e. The molecule has 0 aliphatic rings. The highest BCUT2D eigenvalue weighted by Crippen LogP contribution is 2.28. The fraction of sp³-hybridized carbons (Fsp3) is 0.278. The van der Waals surface area contributed by atoms with Crippen molar-refractivity contribution in [2.75, 3.05) is 6.54 Å². The number of nitro groups is 1. The molecule has 2 N–H and O–H groups in total. The van der Waals surface area contributed by atoms with E-state index in [0.717, 1.165) is 12.3 Å². The number of aliphatic carboxylic acids is 1. The number of carboxylic acids is 1. The number of amides is 1. The molecule has 1 atom stereocenters. The van der Waals surface area contributed by atoms with Crippen LogP contribution in [0, 0.1) is 17.0 Å². The summed E-state index contributed by atoms with van der Waals surface area (Å²) in [4.78, 5) is 38.6. The van der Waals surface area contributed by atoms with Crippen LogP contribution in [0.3, 0.4) is 0 Å². The number of carboxylic acid groups (broad SMARTS) is 1. The van der Waals surface area contributed by atoms with E-state index in [1.165, 1.54) is 0 Å². The second kappa shape index (κ2) is 7.73. The molecule has 2 aromatic rings. The van der Waals surface area contributed by atoms with Gasteiger partial charge in [0.05, 0.1) is 16.2 Å². The summed E-state index contributed by atoms with van der Waals surface area (Å²) in [5.74, 6) is -1.66. The Morgan fingerprint density at radius 3 is 2.50 bits per heavy atom. The number of carbonyl (C=O) groups excluding carboxylic acids is 1. The van der Waals surface area contributed by atoms with Gasteiger partial charge < -0.3 is 10.4 Å². The molecule has 0 spiro atoms. The van der Waals surface area contributed by atoms with Crippen LogP contribution >= 0.6 is 0 Å². The Labute approximate surface area is 150 Å². The molecule has 0 bridgehead atoms. The normalized spacial score (nSPS) is 12.8. The maximum atomic E-state index is 12.5. The van der Waals surface area contributed by atoms with Crippen LogP contribution in [0.1, 0.15) is 35.0 Å². The van der Waals surface area contributed by atoms with Crippen LogP contribution < -0.4 is 5.32 Å². The summed E-state index contributed by atoms with van der Waals surface area (Å²) < 4.78 is 0. The predicted octanol–water partition coefficient (Wildman–Crippen LogP) is 2.46. The molecule has 0 saturated carbocycles. The summed E-state index contributed by atoms with van der Waals surface area (Å²) in [6.07, 6.45) is 1.34. The van der Waals surface area contributed by atoms with E-state index < -0.39 is 22.2 Å². The minimum Gasteiger partial charge on any atom is -0.481 e. The van der Waals surface area contributed by atoms with Gasteiger partial charge in [-0.15, -0.1) is 0 Å². The first-order valence-corrected chi connectivity index (χ1v) is 8.00. The van der Waals surface area contributed by atoms with Crippen molar-refractivity contribution in [3.05, 3.63) is 69.5 Å². The van der Waals surface area contributed by atoms with Gasteiger partial charge in [-0.25, -0.2) is 0 Å². The van der Waals surface area contributed by atoms with Gasteiger partial charge in [-0.3, -0.25) is 24.7 Å². The van der Waals surface area contributed by atoms with Gasteiger partial charge in [-0.05, 0) is 18.9 Å². The number of nitrogens with zero attached hydrogens (tertiary/aromatic N) is 2. The summed E-state index contributed by atoms with van der Waals surface area (Å²) in [6, 6.07) is 9.78. The molecule has 1 aromatic heterocycles. The predicted molar refractivity (Wildman–Crippen MR) is 94.0 cm³/mol. The monoisotopic (exact) mass is 357 g/mol. The van der Waals surface area contributed by atoms with Crippen LogP contribution in [-0.4, -0.2) is 33.4 Å². The van der Waals surface area contributed by atoms with Crippen LogP contribution in [0.15, 0.2) is 42.6 Å². The van der Waals surface area contributed by atoms with Gasteiger partial charge in [0.1, 0.15) is 11.6 Å². The molecular formula is C18H19N3O5. The van der Waals surface area contributed by atoms with Crippen molar-refractivity contribution in [3.63, 3.8) is 0 Å². The second-order valence-corrected chi connectivity index (χ2v) is 5.87. The van der Waals surface area contributed by atoms with Crippen LogP contribution in [-0.2, 0) is 10.2 Å². The molecular weight excluding hydrogens is 338 g/mol. The van der Waals surface area contributed by atoms with Crippen molar-refractivity contribution in [2.45, 2.75) is 25.7 Å². The third kappa shape index (κ3) is 3.69. The Bertz CT molecular complexity index is 838. The van der Waals surface area contributed by atoms with Crippen molar-refractivity contribution in [1.82, 2.24) is 10.3 Å². The summed E-state index contributed by atoms with van der Waals surface area (Å²) in [6.45, 7) is 3.14. The average Bonchev–Trinajstić information content (AvgIpc) is 2.63. The van der Waals surface area contributed by atoms with Gasteiger partial charge in [0.2, 0.25) is 0 Å². The van der Waals surface area contributed by atoms with E-state index in [1.54, 1.807) is 44.2 Å². The lowest BCUT2D eigenvalue weighted by Crippen LogP contribution is -2.46. The molecule has 1 heterocycles. The number of benzene rings is 1. The molecule has 136 valence electrons. The molecule has 1 unspecified atom stereocenters. The van der Waals surface area contributed by atoms with Gasteiger partial charge >= 0.3 is 5.97 Å². The maximum Gasteiger partial charge on any atom is 0.315 e. The minimum absolute atomic E-state index is 0.0441. The average molecular weight is 357 g/mol. The number of carbonyl (C=O) groups is 2. The lowest BCUT2D eigenvalue weighted by molar-refractivity contribution is -0.385. The molecule has 2 rings (SSSR count). The second-order valence-electron chi connectivity index (χ2n) is 5.87. The van der Waals surface area contributed by atoms with E-state index >= 15 is 0 Å². The molecule has 1 aromatic carbocycles. The highest BCUT2D eigenvalue weighted by Gasteiger charge is 2.39. The zero-order valence-corrected chi connectivity index (χ0v) is 14.4. The number of hydrogen-bond donors (Lipinski definition) is 2. The number of aromatic nitrogens is 1. The van der Waals surface area contributed by atoms with Crippen molar-refractivity contribution in [3.8, 4) is 0 Å². The van der Waals surface area contributed by atoms with Gasteiger partial charge in [0.25, 0.3) is 11.6 Å². The highest BCUT2D eigenvalue weighted by molar-refractivity contribution is 5.96. The van der Waals surface area contributed by atoms with E-state index in [1.807, 2.05) is 0 Å². The third-order valence-corrected chi connectivity index (χ3v) is 4.42. The smallest absolute Gasteiger partial charge is 0.315 e. The van der Waals surface area contributed by atoms with Crippen molar-refractivity contribution >= 4 is 17.6 Å². The van der Waals surface area contributed by atoms with Crippen LogP contribution in [0.5, 0.6) is 0 Å². The standard InChI is InChI=1S/C18H19N3O5/c1-3-18(17(23)24,13-7-5-4-6-8-13)11-20-16(22)15-9-14(21(25)26)10-19-12(15)2/h4-10H,3,11H2,1-2H3,(H,20,22)(H,23,24). The Balaban J connectivity index is 2.30. The van der Waals surface area contributed by atoms with E-state index in [4.69, 9.17) is 0 Å². The van der Waals surface area contributed by atoms with Crippen LogP contribution in [0.2, 0.25) is 0 Å². The zero-order chi connectivity index (χ0) is 19.3. The van der Waals surface area contributed by atoms with Crippen LogP contribution in [0.4, 0.5) is 5.69 Å². The molecule has 0 aliphatic carbocycles. The van der Waals surface area contributed by atoms with Gasteiger partial charge in [-0.1, -0.05) is 37.3 Å². The third-order valence-electron chi connectivity index (χ3n) is 4.42. The summed E-state index contributed by atoms with van der Waals surface area (Å²) in [7, 11) is 0. The Kier molecular flexibility index (Phi) is 5.66. The van der Waals surface area contributed by atoms with E-state index in [2.05, 4.69) is 10.3 Å². The molecule has 8 heteroatoms. The van der Waals surface area contributed by atoms with Gasteiger partial charge in [-0.2, -0.15) is 0 Å². The van der Waals surface area contributed by atoms with Gasteiger partial charge in [0, 0.05) is 12.6 Å². The Hall–Kier alpha value is -3.29. The van der Waals surface area contributed by atoms with Gasteiger partial charge in [0.15, 0.2) is 0 Å². The lowest BCUT2D eigenvalue weighted by atomic mass is 9.78. The van der Waals surface area contributed by atoms with E-state index in [-0.39, 0.29) is 24.2 Å². The molecule has 1 amide bonds. The van der Waals surface area contributed by atoms with Crippen LogP contribution in [0.25, 0.3) is 0 Å². The Morgan fingerprint density at radius 2 is 1.96 bits per heavy atom. The van der Waals surface area contributed by atoms with E-state index in [9.17, 15) is 24.8 Å². The quantitative estimate of drug-likeness (QED) is 0.580. The fourth-order valence-corrected chi connectivity index (χ4v) is 2.72. The number of aryl methyl sites for hydroxylation is 1. The lowest BCUT2D eigenvalue weighted by Gasteiger charge is -2.29. The first-order valence-electron chi connectivity index (χ1n) is 8.00. The van der Waals surface area contributed by atoms with E-state index in [0.29, 0.717) is 11.3 Å². The SMILES string of the molecule is CCC(CNC(=O)c1cc([N+](=O)[O-])cnc1C)(C(=O)O)c1ccccc1. The number of nitrogens with one attached hydrogen (secondary N) is 1. The maximum absolute atomic E-state index is 12.5. The molecule has 26 heavy (non-hydrogen) atoms. The first kappa shape index (κ1) is 19.0. The molecule has 0 radical (unpaired) electrons. The van der Waals surface area contributed by atoms with Crippen molar-refractivity contribution < 1.29 is 19.6 Å². The van der Waals surface area contributed by atoms with Crippen molar-refractivity contribution in [1.29, 1.82) is 0 Å². The number of hydrogen-bond acceptors (Lipinski definition) is 5. The zero-order valence-electron chi connectivity index (χ0n) is 14.4. The topological polar surface area (TPSA) is 122 Å². The summed E-state index contributed by atoms with van der Waals surface area (Å²) in [5.41, 5.74) is -0.653. The summed E-state index contributed by atoms with van der Waals surface area (Å²) in [5, 5.41) is 23.3. The van der Waals surface area contributed by atoms with Crippen molar-refractivity contribution in [2.24, 2.45) is 0 Å². The number of pyridine rings is 1. The highest BCUT2D eigenvalue weighted by atomic mass is 16.6. The molecule has 0 aliphatic heterocycles. The molecule has 8 nitrogen and oxygen atoms in total. The summed E-state index contributed by atoms with van der Waals surface area (Å²) >= 11 is 0. The first-order chi connectivity index (χ1) is 12.3. The molecule has 0 fully saturated rings. The Morgan fingerprint density at radius 1 is 1.31 bits per heavy atom. The minimum atomic E-state index is -1.29. The molecule has 0 saturated heterocycles.